The molecule has 2 rings (SSSR count). The van der Waals surface area contributed by atoms with Gasteiger partial charge in [-0.25, -0.2) is 36.7 Å². The van der Waals surface area contributed by atoms with Crippen LogP contribution < -0.4 is 9.80 Å². The number of nitrogens with zero attached hydrogens (tertiary/aromatic N) is 4. The van der Waals surface area contributed by atoms with E-state index in [1.165, 1.54) is 0 Å². The van der Waals surface area contributed by atoms with Gasteiger partial charge in [0, 0.05) is 49.6 Å². The third kappa shape index (κ3) is 15.6. The summed E-state index contributed by atoms with van der Waals surface area (Å²) in [7, 11) is 0. The number of carbonyl (C=O) groups excluding carboxylic acids is 4. The minimum Gasteiger partial charge on any atom is -0.459 e. The van der Waals surface area contributed by atoms with Crippen molar-refractivity contribution in [3.8, 4) is 12.1 Å². The predicted octanol–water partition coefficient (Wildman–Crippen LogP) is 7.30. The van der Waals surface area contributed by atoms with E-state index in [0.29, 0.717) is 32.6 Å². The Morgan fingerprint density at radius 2 is 1.03 bits per heavy atom. The fourth-order valence-corrected chi connectivity index (χ4v) is 5.48. The Kier molecular flexibility index (Phi) is 21.1. The summed E-state index contributed by atoms with van der Waals surface area (Å²) < 4.78 is 79.5. The molecule has 0 bridgehead atoms. The summed E-state index contributed by atoms with van der Waals surface area (Å²) in [6, 6.07) is 7.49. The summed E-state index contributed by atoms with van der Waals surface area (Å²) in [5.41, 5.74) is -1.72. The molecule has 0 aliphatic heterocycles. The van der Waals surface area contributed by atoms with Gasteiger partial charge >= 0.3 is 23.9 Å². The minimum atomic E-state index is -1.14. The molecule has 12 nitrogen and oxygen atoms in total. The van der Waals surface area contributed by atoms with Gasteiger partial charge in [0.25, 0.3) is 0 Å². The van der Waals surface area contributed by atoms with Crippen molar-refractivity contribution in [3.05, 3.63) is 95.1 Å². The quantitative estimate of drug-likeness (QED) is 0.0247. The van der Waals surface area contributed by atoms with E-state index in [0.717, 1.165) is 80.7 Å². The minimum absolute atomic E-state index is 0.0553. The highest BCUT2D eigenvalue weighted by Crippen LogP contribution is 2.28. The second-order valence-electron chi connectivity index (χ2n) is 12.3. The van der Waals surface area contributed by atoms with Gasteiger partial charge in [0.15, 0.2) is 0 Å². The molecule has 0 aromatic heterocycles. The van der Waals surface area contributed by atoms with Crippen molar-refractivity contribution < 1.29 is 55.7 Å². The Bertz CT molecular complexity index is 1890. The number of hydrogen-bond acceptors (Lipinski definition) is 12. The van der Waals surface area contributed by atoms with E-state index >= 15 is 17.6 Å². The highest BCUT2D eigenvalue weighted by Gasteiger charge is 2.20. The maximum absolute atomic E-state index is 15.2. The first kappa shape index (κ1) is 47.7. The molecule has 0 fully saturated rings. The topological polar surface area (TPSA) is 159 Å². The molecule has 310 valence electrons. The highest BCUT2D eigenvalue weighted by molar-refractivity contribution is 5.98. The van der Waals surface area contributed by atoms with Crippen LogP contribution in [-0.2, 0) is 38.1 Å². The number of hydrogen-bond donors (Lipinski definition) is 0. The summed E-state index contributed by atoms with van der Waals surface area (Å²) >= 11 is 0. The Morgan fingerprint density at radius 1 is 0.621 bits per heavy atom. The summed E-state index contributed by atoms with van der Waals surface area (Å²) in [6.07, 6.45) is 8.29. The molecule has 58 heavy (non-hydrogen) atoms. The number of unbranched alkanes of at least 4 members (excludes halogenated alkanes) is 5. The SMILES string of the molecule is C=CC(=O)OCCOC(=O)/C(C#N)=C/c1cc(F)c(N(CC)CCCCCCCCN(CC)c2cc(F)c(/C=C(\C#N)C(=O)OCCOC(=O)C=C)c(F)c2)c(F)c1. The lowest BCUT2D eigenvalue weighted by atomic mass is 10.1. The van der Waals surface area contributed by atoms with E-state index in [1.807, 2.05) is 6.92 Å². The predicted molar refractivity (Wildman–Crippen MR) is 208 cm³/mol. The molecule has 0 saturated heterocycles. The van der Waals surface area contributed by atoms with E-state index in [4.69, 9.17) is 9.47 Å². The molecule has 2 aromatic rings. The van der Waals surface area contributed by atoms with E-state index < -0.39 is 63.9 Å². The lowest BCUT2D eigenvalue weighted by molar-refractivity contribution is -0.146. The number of nitriles is 2. The molecule has 0 amide bonds. The van der Waals surface area contributed by atoms with E-state index in [-0.39, 0.29) is 43.4 Å². The number of benzene rings is 2. The van der Waals surface area contributed by atoms with Gasteiger partial charge in [-0.15, -0.1) is 0 Å². The molecule has 2 aromatic carbocycles. The van der Waals surface area contributed by atoms with Crippen molar-refractivity contribution in [3.63, 3.8) is 0 Å². The summed E-state index contributed by atoms with van der Waals surface area (Å²) in [5, 5.41) is 18.7. The Balaban J connectivity index is 1.87. The standard InChI is InChI=1S/C42H46F4N4O8/c1-5-38(51)55-17-19-57-41(53)30(27-47)21-29-22-36(45)40(37(46)23-29)50(8-4)16-14-12-10-9-11-13-15-49(7-3)32-25-34(43)33(35(44)26-32)24-31(28-48)42(54)58-20-18-56-39(52)6-2/h5-6,21-26H,1-2,7-20H2,3-4H3/b30-21+,31-24+. The molecular formula is C42H46F4N4O8. The van der Waals surface area contributed by atoms with Gasteiger partial charge < -0.3 is 28.7 Å². The monoisotopic (exact) mass is 810 g/mol. The summed E-state index contributed by atoms with van der Waals surface area (Å²) in [6.45, 7) is 10.5. The van der Waals surface area contributed by atoms with Gasteiger partial charge in [0.05, 0.1) is 0 Å². The van der Waals surface area contributed by atoms with Crippen molar-refractivity contribution in [1.29, 1.82) is 10.5 Å². The Hall–Kier alpha value is -6.42. The van der Waals surface area contributed by atoms with Crippen LogP contribution in [0.25, 0.3) is 12.2 Å². The lowest BCUT2D eigenvalue weighted by Crippen LogP contribution is -2.26. The van der Waals surface area contributed by atoms with Gasteiger partial charge in [0.2, 0.25) is 0 Å². The molecule has 0 N–H and O–H groups in total. The maximum atomic E-state index is 15.2. The Morgan fingerprint density at radius 3 is 1.47 bits per heavy atom. The number of esters is 4. The van der Waals surface area contributed by atoms with Gasteiger partial charge in [-0.3, -0.25) is 0 Å². The number of ether oxygens (including phenoxy) is 4. The number of halogens is 4. The molecule has 0 saturated carbocycles. The molecule has 0 heterocycles. The van der Waals surface area contributed by atoms with Gasteiger partial charge in [-0.1, -0.05) is 38.8 Å². The number of carbonyl (C=O) groups is 4. The smallest absolute Gasteiger partial charge is 0.349 e. The summed E-state index contributed by atoms with van der Waals surface area (Å²) in [5.74, 6) is -7.32. The first-order valence-corrected chi connectivity index (χ1v) is 18.5. The number of anilines is 2. The van der Waals surface area contributed by atoms with Crippen LogP contribution in [0.3, 0.4) is 0 Å². The van der Waals surface area contributed by atoms with Gasteiger partial charge in [0.1, 0.15) is 78.7 Å². The third-order valence-corrected chi connectivity index (χ3v) is 8.39. The second kappa shape index (κ2) is 25.7. The van der Waals surface area contributed by atoms with Crippen LogP contribution in [0.4, 0.5) is 28.9 Å². The third-order valence-electron chi connectivity index (χ3n) is 8.39. The van der Waals surface area contributed by atoms with Crippen LogP contribution in [0, 0.1) is 45.9 Å². The molecule has 0 aliphatic carbocycles. The second-order valence-corrected chi connectivity index (χ2v) is 12.3. The van der Waals surface area contributed by atoms with Crippen LogP contribution in [0.1, 0.15) is 63.5 Å². The van der Waals surface area contributed by atoms with Crippen molar-refractivity contribution >= 4 is 47.4 Å². The molecule has 16 heteroatoms. The molecule has 0 atom stereocenters. The zero-order valence-corrected chi connectivity index (χ0v) is 32.5. The molecule has 0 radical (unpaired) electrons. The average molecular weight is 811 g/mol. The fraction of sp³-hybridized carbons (Fsp3) is 0.381. The van der Waals surface area contributed by atoms with Crippen LogP contribution in [-0.4, -0.2) is 76.5 Å². The average Bonchev–Trinajstić information content (AvgIpc) is 3.20. The molecule has 0 spiro atoms. The molecule has 0 aliphatic rings. The van der Waals surface area contributed by atoms with Crippen molar-refractivity contribution in [2.45, 2.75) is 52.4 Å². The van der Waals surface area contributed by atoms with E-state index in [9.17, 15) is 29.7 Å². The highest BCUT2D eigenvalue weighted by atomic mass is 19.1. The fourth-order valence-electron chi connectivity index (χ4n) is 5.48. The van der Waals surface area contributed by atoms with E-state index in [1.54, 1.807) is 28.9 Å². The zero-order valence-electron chi connectivity index (χ0n) is 32.5. The van der Waals surface area contributed by atoms with Crippen LogP contribution in [0.5, 0.6) is 0 Å². The van der Waals surface area contributed by atoms with Crippen LogP contribution >= 0.6 is 0 Å². The van der Waals surface area contributed by atoms with Crippen molar-refractivity contribution in [2.75, 3.05) is 62.4 Å². The lowest BCUT2D eigenvalue weighted by Gasteiger charge is -2.24. The summed E-state index contributed by atoms with van der Waals surface area (Å²) in [4.78, 5) is 49.9. The van der Waals surface area contributed by atoms with Crippen molar-refractivity contribution in [2.24, 2.45) is 0 Å². The van der Waals surface area contributed by atoms with Crippen molar-refractivity contribution in [1.82, 2.24) is 0 Å². The van der Waals surface area contributed by atoms with Gasteiger partial charge in [-0.05, 0) is 68.7 Å². The maximum Gasteiger partial charge on any atom is 0.349 e. The first-order valence-electron chi connectivity index (χ1n) is 18.5. The van der Waals surface area contributed by atoms with E-state index in [2.05, 4.69) is 22.6 Å². The largest absolute Gasteiger partial charge is 0.459 e. The molecular weight excluding hydrogens is 764 g/mol. The van der Waals surface area contributed by atoms with Crippen LogP contribution in [0.15, 0.2) is 60.7 Å². The van der Waals surface area contributed by atoms with Gasteiger partial charge in [-0.2, -0.15) is 10.5 Å². The Labute approximate surface area is 335 Å². The normalized spacial score (nSPS) is 11.1. The first-order chi connectivity index (χ1) is 27.8. The molecule has 0 unspecified atom stereocenters. The number of rotatable bonds is 25. The van der Waals surface area contributed by atoms with Crippen LogP contribution in [0.2, 0.25) is 0 Å². The zero-order chi connectivity index (χ0) is 43.0.